The number of hydrogen-bond acceptors (Lipinski definition) is 3. The van der Waals surface area contributed by atoms with Gasteiger partial charge in [0.2, 0.25) is 0 Å². The van der Waals surface area contributed by atoms with Crippen molar-refractivity contribution < 1.29 is 4.79 Å². The van der Waals surface area contributed by atoms with Gasteiger partial charge in [-0.2, -0.15) is 5.10 Å². The highest BCUT2D eigenvalue weighted by Gasteiger charge is 2.26. The van der Waals surface area contributed by atoms with Crippen molar-refractivity contribution in [1.29, 1.82) is 0 Å². The van der Waals surface area contributed by atoms with Crippen LogP contribution in [0.2, 0.25) is 0 Å². The van der Waals surface area contributed by atoms with Crippen LogP contribution < -0.4 is 11.1 Å². The molecule has 1 heterocycles. The first-order chi connectivity index (χ1) is 8.63. The van der Waals surface area contributed by atoms with Gasteiger partial charge in [0.15, 0.2) is 0 Å². The average Bonchev–Trinajstić information content (AvgIpc) is 2.71. The van der Waals surface area contributed by atoms with Gasteiger partial charge >= 0.3 is 0 Å². The number of nitrogens with one attached hydrogen (secondary N) is 1. The summed E-state index contributed by atoms with van der Waals surface area (Å²) in [7, 11) is 1.74. The van der Waals surface area contributed by atoms with E-state index in [1.165, 1.54) is 30.1 Å². The highest BCUT2D eigenvalue weighted by atomic mass is 16.1. The molecule has 100 valence electrons. The Hall–Kier alpha value is -1.52. The number of anilines is 1. The van der Waals surface area contributed by atoms with Gasteiger partial charge in [0.25, 0.3) is 5.91 Å². The van der Waals surface area contributed by atoms with Crippen molar-refractivity contribution in [2.45, 2.75) is 45.1 Å². The fourth-order valence-corrected chi connectivity index (χ4v) is 2.75. The van der Waals surface area contributed by atoms with Crippen LogP contribution >= 0.6 is 0 Å². The summed E-state index contributed by atoms with van der Waals surface area (Å²) in [6.07, 6.45) is 7.42. The van der Waals surface area contributed by atoms with Gasteiger partial charge in [-0.05, 0) is 18.8 Å². The maximum Gasteiger partial charge on any atom is 0.256 e. The first-order valence-electron chi connectivity index (χ1n) is 6.71. The second-order valence-corrected chi connectivity index (χ2v) is 5.10. The molecule has 0 radical (unpaired) electrons. The van der Waals surface area contributed by atoms with Crippen molar-refractivity contribution in [3.05, 3.63) is 11.8 Å². The molecule has 2 unspecified atom stereocenters. The maximum atomic E-state index is 12.2. The first-order valence-corrected chi connectivity index (χ1v) is 6.71. The maximum absolute atomic E-state index is 12.2. The smallest absolute Gasteiger partial charge is 0.256 e. The fourth-order valence-electron chi connectivity index (χ4n) is 2.75. The van der Waals surface area contributed by atoms with Gasteiger partial charge in [-0.3, -0.25) is 9.48 Å². The zero-order valence-corrected chi connectivity index (χ0v) is 11.1. The molecule has 0 saturated heterocycles. The largest absolute Gasteiger partial charge is 0.383 e. The Balaban J connectivity index is 2.04. The molecule has 1 aliphatic rings. The molecule has 0 aliphatic heterocycles. The summed E-state index contributed by atoms with van der Waals surface area (Å²) in [5.74, 6) is 0.933. The zero-order chi connectivity index (χ0) is 13.1. The van der Waals surface area contributed by atoms with Crippen LogP contribution in [0, 0.1) is 5.92 Å². The van der Waals surface area contributed by atoms with E-state index < -0.39 is 0 Å². The Morgan fingerprint density at radius 1 is 1.56 bits per heavy atom. The van der Waals surface area contributed by atoms with Crippen LogP contribution in [-0.4, -0.2) is 21.7 Å². The molecule has 5 nitrogen and oxygen atoms in total. The first kappa shape index (κ1) is 12.9. The third-order valence-electron chi connectivity index (χ3n) is 3.98. The number of carbonyl (C=O) groups excluding carboxylic acids is 1. The van der Waals surface area contributed by atoms with Crippen molar-refractivity contribution in [1.82, 2.24) is 15.1 Å². The zero-order valence-electron chi connectivity index (χ0n) is 11.1. The molecular weight excluding hydrogens is 228 g/mol. The third-order valence-corrected chi connectivity index (χ3v) is 3.98. The van der Waals surface area contributed by atoms with E-state index in [0.29, 0.717) is 17.3 Å². The summed E-state index contributed by atoms with van der Waals surface area (Å²) in [5, 5.41) is 7.12. The van der Waals surface area contributed by atoms with Gasteiger partial charge < -0.3 is 11.1 Å². The molecule has 3 N–H and O–H groups in total. The molecule has 1 aromatic heterocycles. The van der Waals surface area contributed by atoms with E-state index in [0.717, 1.165) is 12.8 Å². The molecule has 1 saturated carbocycles. The van der Waals surface area contributed by atoms with E-state index in [1.807, 2.05) is 0 Å². The number of nitrogens with zero attached hydrogens (tertiary/aromatic N) is 2. The normalized spacial score (nSPS) is 23.9. The van der Waals surface area contributed by atoms with Crippen molar-refractivity contribution in [3.8, 4) is 0 Å². The van der Waals surface area contributed by atoms with Gasteiger partial charge in [-0.25, -0.2) is 0 Å². The third kappa shape index (κ3) is 2.49. The van der Waals surface area contributed by atoms with Crippen molar-refractivity contribution in [3.63, 3.8) is 0 Å². The van der Waals surface area contributed by atoms with E-state index in [2.05, 4.69) is 17.3 Å². The van der Waals surface area contributed by atoms with E-state index in [9.17, 15) is 4.79 Å². The predicted octanol–water partition coefficient (Wildman–Crippen LogP) is 1.70. The molecule has 2 atom stereocenters. The minimum Gasteiger partial charge on any atom is -0.383 e. The minimum atomic E-state index is -0.0917. The van der Waals surface area contributed by atoms with Crippen molar-refractivity contribution in [2.24, 2.45) is 13.0 Å². The standard InChI is InChI=1S/C13H22N4O/c1-3-9-6-4-5-7-11(9)16-13(18)10-8-15-17(2)12(10)14/h8-9,11H,3-7,14H2,1-2H3,(H,16,18). The lowest BCUT2D eigenvalue weighted by molar-refractivity contribution is 0.0905. The monoisotopic (exact) mass is 250 g/mol. The van der Waals surface area contributed by atoms with Crippen LogP contribution in [0.15, 0.2) is 6.20 Å². The van der Waals surface area contributed by atoms with Gasteiger partial charge in [-0.15, -0.1) is 0 Å². The second-order valence-electron chi connectivity index (χ2n) is 5.10. The minimum absolute atomic E-state index is 0.0917. The molecule has 0 spiro atoms. The Bertz CT molecular complexity index is 427. The lowest BCUT2D eigenvalue weighted by Crippen LogP contribution is -2.42. The molecule has 1 aliphatic carbocycles. The van der Waals surface area contributed by atoms with Crippen LogP contribution in [0.1, 0.15) is 49.4 Å². The van der Waals surface area contributed by atoms with Crippen LogP contribution in [-0.2, 0) is 7.05 Å². The molecule has 1 aromatic rings. The number of nitrogen functional groups attached to an aromatic ring is 1. The SMILES string of the molecule is CCC1CCCCC1NC(=O)c1cnn(C)c1N. The number of nitrogens with two attached hydrogens (primary N) is 1. The molecule has 1 amide bonds. The summed E-state index contributed by atoms with van der Waals surface area (Å²) < 4.78 is 1.52. The number of hydrogen-bond donors (Lipinski definition) is 2. The van der Waals surface area contributed by atoms with Gasteiger partial charge in [0.05, 0.1) is 6.20 Å². The lowest BCUT2D eigenvalue weighted by atomic mass is 9.83. The van der Waals surface area contributed by atoms with Crippen molar-refractivity contribution in [2.75, 3.05) is 5.73 Å². The summed E-state index contributed by atoms with van der Waals surface area (Å²) in [5.41, 5.74) is 6.30. The Kier molecular flexibility index (Phi) is 3.89. The molecule has 2 rings (SSSR count). The van der Waals surface area contributed by atoms with E-state index >= 15 is 0 Å². The van der Waals surface area contributed by atoms with Gasteiger partial charge in [-0.1, -0.05) is 26.2 Å². The van der Waals surface area contributed by atoms with Crippen LogP contribution in [0.4, 0.5) is 5.82 Å². The Morgan fingerprint density at radius 3 is 2.89 bits per heavy atom. The van der Waals surface area contributed by atoms with Gasteiger partial charge in [0.1, 0.15) is 11.4 Å². The lowest BCUT2D eigenvalue weighted by Gasteiger charge is -2.31. The molecule has 1 fully saturated rings. The van der Waals surface area contributed by atoms with Gasteiger partial charge in [0, 0.05) is 13.1 Å². The molecule has 0 aromatic carbocycles. The van der Waals surface area contributed by atoms with Crippen LogP contribution in [0.3, 0.4) is 0 Å². The molecule has 0 bridgehead atoms. The fraction of sp³-hybridized carbons (Fsp3) is 0.692. The summed E-state index contributed by atoms with van der Waals surface area (Å²) in [6, 6.07) is 0.288. The Labute approximate surface area is 108 Å². The quantitative estimate of drug-likeness (QED) is 0.857. The Morgan fingerprint density at radius 2 is 2.28 bits per heavy atom. The number of amides is 1. The van der Waals surface area contributed by atoms with E-state index in [4.69, 9.17) is 5.73 Å². The highest BCUT2D eigenvalue weighted by Crippen LogP contribution is 2.27. The molecule has 5 heteroatoms. The summed E-state index contributed by atoms with van der Waals surface area (Å²) in [4.78, 5) is 12.2. The number of rotatable bonds is 3. The number of carbonyl (C=O) groups is 1. The van der Waals surface area contributed by atoms with Crippen LogP contribution in [0.5, 0.6) is 0 Å². The highest BCUT2D eigenvalue weighted by molar-refractivity contribution is 5.98. The van der Waals surface area contributed by atoms with Crippen molar-refractivity contribution >= 4 is 11.7 Å². The van der Waals surface area contributed by atoms with E-state index in [1.54, 1.807) is 7.05 Å². The van der Waals surface area contributed by atoms with Crippen LogP contribution in [0.25, 0.3) is 0 Å². The number of aromatic nitrogens is 2. The molecular formula is C13H22N4O. The van der Waals surface area contributed by atoms with E-state index in [-0.39, 0.29) is 11.9 Å². The number of aryl methyl sites for hydroxylation is 1. The second kappa shape index (κ2) is 5.42. The molecule has 18 heavy (non-hydrogen) atoms. The topological polar surface area (TPSA) is 72.9 Å². The summed E-state index contributed by atoms with van der Waals surface area (Å²) >= 11 is 0. The predicted molar refractivity (Wildman–Crippen MR) is 71.1 cm³/mol. The summed E-state index contributed by atoms with van der Waals surface area (Å²) in [6.45, 7) is 2.19. The average molecular weight is 250 g/mol.